The van der Waals surface area contributed by atoms with Crippen LogP contribution in [0.4, 0.5) is 0 Å². The fourth-order valence-corrected chi connectivity index (χ4v) is 2.98. The summed E-state index contributed by atoms with van der Waals surface area (Å²) in [4.78, 5) is 12.6. The van der Waals surface area contributed by atoms with Crippen LogP contribution in [0.25, 0.3) is 0 Å². The van der Waals surface area contributed by atoms with E-state index in [0.29, 0.717) is 11.5 Å². The first kappa shape index (κ1) is 18.5. The lowest BCUT2D eigenvalue weighted by atomic mass is 9.95. The van der Waals surface area contributed by atoms with Crippen LogP contribution in [0.3, 0.4) is 0 Å². The first-order valence-corrected chi connectivity index (χ1v) is 8.84. The van der Waals surface area contributed by atoms with E-state index in [1.165, 1.54) is 0 Å². The zero-order valence-electron chi connectivity index (χ0n) is 15.5. The molecule has 0 heterocycles. The van der Waals surface area contributed by atoms with E-state index in [1.807, 2.05) is 73.7 Å². The lowest BCUT2D eigenvalue weighted by Gasteiger charge is -2.22. The van der Waals surface area contributed by atoms with E-state index in [-0.39, 0.29) is 18.6 Å². The van der Waals surface area contributed by atoms with E-state index in [1.54, 1.807) is 19.2 Å². The minimum Gasteiger partial charge on any atom is -0.493 e. The van der Waals surface area contributed by atoms with Crippen LogP contribution in [-0.4, -0.2) is 19.6 Å². The van der Waals surface area contributed by atoms with Crippen LogP contribution in [0.5, 0.6) is 11.5 Å². The summed E-state index contributed by atoms with van der Waals surface area (Å²) < 4.78 is 10.9. The molecule has 4 nitrogen and oxygen atoms in total. The SMILES string of the molecule is COc1ccccc1OCC(=O)N[C@@H](c1ccccc1)c1ccccc1C. The van der Waals surface area contributed by atoms with Crippen molar-refractivity contribution in [3.05, 3.63) is 95.6 Å². The van der Waals surface area contributed by atoms with E-state index in [9.17, 15) is 4.79 Å². The highest BCUT2D eigenvalue weighted by Gasteiger charge is 2.19. The third-order valence-electron chi connectivity index (χ3n) is 4.37. The fraction of sp³-hybridized carbons (Fsp3) is 0.174. The molecule has 0 aliphatic rings. The number of benzene rings is 3. The van der Waals surface area contributed by atoms with Crippen LogP contribution in [0.1, 0.15) is 22.7 Å². The maximum absolute atomic E-state index is 12.6. The van der Waals surface area contributed by atoms with Gasteiger partial charge in [0.25, 0.3) is 5.91 Å². The normalized spacial score (nSPS) is 11.5. The molecule has 0 radical (unpaired) electrons. The van der Waals surface area contributed by atoms with E-state index in [2.05, 4.69) is 5.32 Å². The summed E-state index contributed by atoms with van der Waals surface area (Å²) in [5, 5.41) is 3.09. The highest BCUT2D eigenvalue weighted by atomic mass is 16.5. The minimum absolute atomic E-state index is 0.0877. The molecular formula is C23H23NO3. The third kappa shape index (κ3) is 4.67. The molecule has 0 saturated carbocycles. The molecule has 1 amide bonds. The number of para-hydroxylation sites is 2. The Kier molecular flexibility index (Phi) is 6.10. The van der Waals surface area contributed by atoms with Gasteiger partial charge in [-0.3, -0.25) is 4.79 Å². The number of aryl methyl sites for hydroxylation is 1. The van der Waals surface area contributed by atoms with Crippen LogP contribution < -0.4 is 14.8 Å². The van der Waals surface area contributed by atoms with Gasteiger partial charge in [-0.25, -0.2) is 0 Å². The Morgan fingerprint density at radius 1 is 0.889 bits per heavy atom. The van der Waals surface area contributed by atoms with Crippen molar-refractivity contribution < 1.29 is 14.3 Å². The lowest BCUT2D eigenvalue weighted by Crippen LogP contribution is -2.33. The van der Waals surface area contributed by atoms with Gasteiger partial charge in [0.15, 0.2) is 18.1 Å². The Hall–Kier alpha value is -3.27. The third-order valence-corrected chi connectivity index (χ3v) is 4.37. The molecule has 3 aromatic carbocycles. The highest BCUT2D eigenvalue weighted by molar-refractivity contribution is 5.78. The predicted octanol–water partition coefficient (Wildman–Crippen LogP) is 4.29. The fourth-order valence-electron chi connectivity index (χ4n) is 2.98. The quantitative estimate of drug-likeness (QED) is 0.683. The van der Waals surface area contributed by atoms with Crippen molar-refractivity contribution in [1.29, 1.82) is 0 Å². The standard InChI is InChI=1S/C23H23NO3/c1-17-10-6-7-13-19(17)23(18-11-4-3-5-12-18)24-22(25)16-27-21-15-9-8-14-20(21)26-2/h3-15,23H,16H2,1-2H3,(H,24,25)/t23-/m0/s1. The van der Waals surface area contributed by atoms with Crippen molar-refractivity contribution in [2.24, 2.45) is 0 Å². The second kappa shape index (κ2) is 8.90. The molecule has 4 heteroatoms. The molecule has 3 rings (SSSR count). The van der Waals surface area contributed by atoms with Gasteiger partial charge in [-0.05, 0) is 35.7 Å². The summed E-state index contributed by atoms with van der Waals surface area (Å²) in [7, 11) is 1.58. The molecular weight excluding hydrogens is 338 g/mol. The summed E-state index contributed by atoms with van der Waals surface area (Å²) in [6.45, 7) is 1.96. The average Bonchev–Trinajstić information content (AvgIpc) is 2.72. The van der Waals surface area contributed by atoms with Crippen LogP contribution in [-0.2, 0) is 4.79 Å². The molecule has 0 aromatic heterocycles. The maximum atomic E-state index is 12.6. The molecule has 0 unspecified atom stereocenters. The number of carbonyl (C=O) groups excluding carboxylic acids is 1. The Morgan fingerprint density at radius 2 is 1.52 bits per heavy atom. The molecule has 0 fully saturated rings. The van der Waals surface area contributed by atoms with Crippen LogP contribution in [0.15, 0.2) is 78.9 Å². The van der Waals surface area contributed by atoms with Gasteiger partial charge in [-0.1, -0.05) is 66.7 Å². The zero-order valence-corrected chi connectivity index (χ0v) is 15.5. The van der Waals surface area contributed by atoms with Gasteiger partial charge in [0, 0.05) is 0 Å². The summed E-state index contributed by atoms with van der Waals surface area (Å²) in [6, 6.07) is 25.0. The number of amides is 1. The molecule has 138 valence electrons. The molecule has 0 saturated heterocycles. The largest absolute Gasteiger partial charge is 0.493 e. The lowest BCUT2D eigenvalue weighted by molar-refractivity contribution is -0.123. The number of rotatable bonds is 7. The average molecular weight is 361 g/mol. The first-order valence-electron chi connectivity index (χ1n) is 8.84. The van der Waals surface area contributed by atoms with Crippen molar-refractivity contribution in [1.82, 2.24) is 5.32 Å². The summed E-state index contributed by atoms with van der Waals surface area (Å²) in [5.74, 6) is 0.948. The summed E-state index contributed by atoms with van der Waals surface area (Å²) in [6.07, 6.45) is 0. The van der Waals surface area contributed by atoms with Crippen LogP contribution in [0, 0.1) is 6.92 Å². The number of hydrogen-bond donors (Lipinski definition) is 1. The number of carbonyl (C=O) groups is 1. The van der Waals surface area contributed by atoms with Gasteiger partial charge in [-0.15, -0.1) is 0 Å². The van der Waals surface area contributed by atoms with E-state index < -0.39 is 0 Å². The maximum Gasteiger partial charge on any atom is 0.258 e. The molecule has 0 aliphatic carbocycles. The number of ether oxygens (including phenoxy) is 2. The second-order valence-electron chi connectivity index (χ2n) is 6.21. The van der Waals surface area contributed by atoms with E-state index in [4.69, 9.17) is 9.47 Å². The van der Waals surface area contributed by atoms with Crippen molar-refractivity contribution in [2.45, 2.75) is 13.0 Å². The number of hydrogen-bond acceptors (Lipinski definition) is 3. The Bertz CT molecular complexity index is 893. The van der Waals surface area contributed by atoms with Crippen molar-refractivity contribution in [3.63, 3.8) is 0 Å². The second-order valence-corrected chi connectivity index (χ2v) is 6.21. The molecule has 1 atom stereocenters. The number of nitrogens with one attached hydrogen (secondary N) is 1. The van der Waals surface area contributed by atoms with Crippen LogP contribution in [0.2, 0.25) is 0 Å². The van der Waals surface area contributed by atoms with Gasteiger partial charge in [0.1, 0.15) is 0 Å². The van der Waals surface area contributed by atoms with Crippen molar-refractivity contribution >= 4 is 5.91 Å². The predicted molar refractivity (Wildman–Crippen MR) is 106 cm³/mol. The van der Waals surface area contributed by atoms with Gasteiger partial charge in [0.2, 0.25) is 0 Å². The van der Waals surface area contributed by atoms with Gasteiger partial charge in [0.05, 0.1) is 13.2 Å². The van der Waals surface area contributed by atoms with Gasteiger partial charge >= 0.3 is 0 Å². The summed E-state index contributed by atoms with van der Waals surface area (Å²) in [5.41, 5.74) is 3.21. The molecule has 0 bridgehead atoms. The molecule has 0 spiro atoms. The minimum atomic E-state index is -0.235. The molecule has 0 aliphatic heterocycles. The molecule has 1 N–H and O–H groups in total. The first-order chi connectivity index (χ1) is 13.2. The highest BCUT2D eigenvalue weighted by Crippen LogP contribution is 2.27. The van der Waals surface area contributed by atoms with Crippen molar-refractivity contribution in [2.75, 3.05) is 13.7 Å². The van der Waals surface area contributed by atoms with E-state index in [0.717, 1.165) is 16.7 Å². The monoisotopic (exact) mass is 361 g/mol. The van der Waals surface area contributed by atoms with Crippen molar-refractivity contribution in [3.8, 4) is 11.5 Å². The topological polar surface area (TPSA) is 47.6 Å². The number of methoxy groups -OCH3 is 1. The Balaban J connectivity index is 1.76. The summed E-state index contributed by atoms with van der Waals surface area (Å²) >= 11 is 0. The smallest absolute Gasteiger partial charge is 0.258 e. The zero-order chi connectivity index (χ0) is 19.1. The van der Waals surface area contributed by atoms with Crippen LogP contribution >= 0.6 is 0 Å². The van der Waals surface area contributed by atoms with Gasteiger partial charge in [-0.2, -0.15) is 0 Å². The molecule has 3 aromatic rings. The van der Waals surface area contributed by atoms with Gasteiger partial charge < -0.3 is 14.8 Å². The van der Waals surface area contributed by atoms with E-state index >= 15 is 0 Å². The Labute approximate surface area is 159 Å². The Morgan fingerprint density at radius 3 is 2.22 bits per heavy atom. The molecule has 27 heavy (non-hydrogen) atoms.